The number of nitrogens with one attached hydrogen (secondary N) is 6. The smallest absolute Gasteiger partial charge is 0.312 e. The first-order valence-corrected chi connectivity index (χ1v) is 27.8. The minimum Gasteiger partial charge on any atom is -0.379 e. The molecule has 1 aliphatic heterocycles. The number of primary amides is 1. The number of amides is 9. The second-order valence-corrected chi connectivity index (χ2v) is 22.7. The van der Waals surface area contributed by atoms with Gasteiger partial charge in [0.15, 0.2) is 0 Å². The summed E-state index contributed by atoms with van der Waals surface area (Å²) in [6.45, 7) is 18.9. The lowest BCUT2D eigenvalue weighted by molar-refractivity contribution is -0.148. The molecule has 0 radical (unpaired) electrons. The summed E-state index contributed by atoms with van der Waals surface area (Å²) < 4.78 is 41.3. The molecule has 1 aromatic rings. The molecule has 0 aromatic heterocycles. The van der Waals surface area contributed by atoms with E-state index in [2.05, 4.69) is 31.3 Å². The maximum absolute atomic E-state index is 14.4. The molecule has 1 heterocycles. The van der Waals surface area contributed by atoms with Gasteiger partial charge in [0.05, 0.1) is 47.6 Å². The summed E-state index contributed by atoms with van der Waals surface area (Å²) >= 11 is 0. The van der Waals surface area contributed by atoms with E-state index in [0.29, 0.717) is 32.2 Å². The standard InChI is InChI=1S/C52H90N10O12S/c1-16-20-40(63)57-42(30(3)4)49(67)56-37(21-18-27-54-52(53)70)48(66)55-35-23-25-36(26-24-35)75(71,72)59-47(65)34(10)46(74-15)38-22-19-28-62(38)41(64)29-39(73-14)45(33(9)17-2)61(13)51(69)43(31(5)6)58-50(68)44(32(7)8)60(11)12/h23-26,30-34,37-39,42-46H,16-22,27-29H2,1-15H3,(H,55,66)(H,56,67)(H,57,63)(H,58,68)(H,59,65)(H3,53,54,70)/t33-,34+,37-,38-,39+,42?,43-,44?,45-,46+/m0/s1. The van der Waals surface area contributed by atoms with Gasteiger partial charge in [-0.25, -0.2) is 17.9 Å². The van der Waals surface area contributed by atoms with Crippen molar-refractivity contribution in [2.75, 3.05) is 53.8 Å². The number of hydrogen-bond acceptors (Lipinski definition) is 13. The van der Waals surface area contributed by atoms with Crippen molar-refractivity contribution in [2.24, 2.45) is 35.3 Å². The first-order valence-electron chi connectivity index (χ1n) is 26.3. The maximum atomic E-state index is 14.4. The van der Waals surface area contributed by atoms with Crippen molar-refractivity contribution >= 4 is 63.1 Å². The van der Waals surface area contributed by atoms with E-state index < -0.39 is 88.2 Å². The van der Waals surface area contributed by atoms with E-state index in [9.17, 15) is 46.8 Å². The highest BCUT2D eigenvalue weighted by Crippen LogP contribution is 2.30. The Balaban J connectivity index is 2.27. The molecule has 2 unspecified atom stereocenters. The molecule has 1 aliphatic rings. The minimum absolute atomic E-state index is 0.0101. The summed E-state index contributed by atoms with van der Waals surface area (Å²) in [4.78, 5) is 111. The van der Waals surface area contributed by atoms with Crippen molar-refractivity contribution in [2.45, 2.75) is 174 Å². The fourth-order valence-electron chi connectivity index (χ4n) is 9.70. The average molecular weight is 1080 g/mol. The SMILES string of the molecule is CCCC(=O)NC(C(=O)N[C@@H](CCCNC(N)=O)C(=O)Nc1ccc(S(=O)(=O)NC(=O)[C@H](C)[C@@H](OC)[C@@H]2CCCN2C(=O)C[C@@H](OC)[C@H]([C@@H](C)CC)N(C)C(=O)[C@@H](NC(=O)C(C(C)C)N(C)C)C(C)C)cc1)C(C)C. The van der Waals surface area contributed by atoms with Crippen LogP contribution >= 0.6 is 0 Å². The number of ether oxygens (including phenoxy) is 2. The molecule has 0 bridgehead atoms. The number of likely N-dealkylation sites (tertiary alicyclic amines) is 1. The third-order valence-corrected chi connectivity index (χ3v) is 15.3. The summed E-state index contributed by atoms with van der Waals surface area (Å²) in [6.07, 6.45) is 1.03. The minimum atomic E-state index is -4.48. The van der Waals surface area contributed by atoms with Gasteiger partial charge in [-0.2, -0.15) is 0 Å². The molecule has 9 amide bonds. The van der Waals surface area contributed by atoms with E-state index in [4.69, 9.17) is 15.2 Å². The van der Waals surface area contributed by atoms with Crippen LogP contribution in [0.4, 0.5) is 10.5 Å². The predicted octanol–water partition coefficient (Wildman–Crippen LogP) is 2.95. The Morgan fingerprint density at radius 3 is 1.91 bits per heavy atom. The Bertz CT molecular complexity index is 2170. The summed E-state index contributed by atoms with van der Waals surface area (Å²) in [5, 5.41) is 13.5. The third kappa shape index (κ3) is 19.3. The summed E-state index contributed by atoms with van der Waals surface area (Å²) in [5.41, 5.74) is 5.35. The van der Waals surface area contributed by atoms with Gasteiger partial charge in [0.25, 0.3) is 10.0 Å². The Kier molecular flexibility index (Phi) is 27.2. The highest BCUT2D eigenvalue weighted by atomic mass is 32.2. The summed E-state index contributed by atoms with van der Waals surface area (Å²) in [7, 11) is 3.72. The number of carbonyl (C=O) groups excluding carboxylic acids is 8. The molecule has 1 fully saturated rings. The molecule has 2 rings (SSSR count). The van der Waals surface area contributed by atoms with Crippen molar-refractivity contribution in [3.63, 3.8) is 0 Å². The third-order valence-electron chi connectivity index (χ3n) is 14.0. The van der Waals surface area contributed by atoms with Crippen LogP contribution in [0, 0.1) is 29.6 Å². The van der Waals surface area contributed by atoms with Gasteiger partial charge in [0, 0.05) is 46.5 Å². The number of likely N-dealkylation sites (N-methyl/N-ethyl adjacent to an activating group) is 2. The molecule has 1 saturated heterocycles. The molecular formula is C52H90N10O12S. The van der Waals surface area contributed by atoms with Gasteiger partial charge in [-0.3, -0.25) is 38.5 Å². The number of nitrogens with zero attached hydrogens (tertiary/aromatic N) is 3. The lowest BCUT2D eigenvalue weighted by Crippen LogP contribution is -2.59. The molecule has 0 spiro atoms. The number of sulfonamides is 1. The highest BCUT2D eigenvalue weighted by Gasteiger charge is 2.44. The van der Waals surface area contributed by atoms with Gasteiger partial charge >= 0.3 is 6.03 Å². The van der Waals surface area contributed by atoms with Crippen LogP contribution in [0.15, 0.2) is 29.2 Å². The quantitative estimate of drug-likeness (QED) is 0.0527. The van der Waals surface area contributed by atoms with E-state index in [1.165, 1.54) is 45.4 Å². The topological polar surface area (TPSA) is 297 Å². The van der Waals surface area contributed by atoms with Crippen LogP contribution in [0.25, 0.3) is 0 Å². The van der Waals surface area contributed by atoms with Gasteiger partial charge in [0.2, 0.25) is 41.4 Å². The number of anilines is 1. The van der Waals surface area contributed by atoms with E-state index in [1.54, 1.807) is 30.7 Å². The van der Waals surface area contributed by atoms with Gasteiger partial charge in [-0.15, -0.1) is 0 Å². The van der Waals surface area contributed by atoms with Crippen molar-refractivity contribution in [3.8, 4) is 0 Å². The van der Waals surface area contributed by atoms with E-state index in [0.717, 1.165) is 0 Å². The second kappa shape index (κ2) is 31.0. The molecule has 10 atom stereocenters. The van der Waals surface area contributed by atoms with Crippen molar-refractivity contribution in [1.29, 1.82) is 0 Å². The molecule has 8 N–H and O–H groups in total. The number of rotatable bonds is 31. The zero-order valence-electron chi connectivity index (χ0n) is 47.1. The van der Waals surface area contributed by atoms with E-state index >= 15 is 0 Å². The monoisotopic (exact) mass is 1080 g/mol. The second-order valence-electron chi connectivity index (χ2n) is 21.0. The molecule has 22 nitrogen and oxygen atoms in total. The Morgan fingerprint density at radius 1 is 0.787 bits per heavy atom. The predicted molar refractivity (Wildman–Crippen MR) is 286 cm³/mol. The molecule has 0 saturated carbocycles. The van der Waals surface area contributed by atoms with Gasteiger partial charge in [0.1, 0.15) is 18.1 Å². The summed E-state index contributed by atoms with van der Waals surface area (Å²) in [6, 6.07) is -0.269. The number of urea groups is 1. The van der Waals surface area contributed by atoms with Crippen molar-refractivity contribution in [3.05, 3.63) is 24.3 Å². The van der Waals surface area contributed by atoms with Gasteiger partial charge in [-0.1, -0.05) is 75.7 Å². The maximum Gasteiger partial charge on any atom is 0.312 e. The number of hydrogen-bond donors (Lipinski definition) is 7. The Labute approximate surface area is 445 Å². The summed E-state index contributed by atoms with van der Waals surface area (Å²) in [5.74, 6) is -5.05. The Hall–Kier alpha value is -5.39. The van der Waals surface area contributed by atoms with Gasteiger partial charge < -0.3 is 51.6 Å². The highest BCUT2D eigenvalue weighted by molar-refractivity contribution is 7.90. The van der Waals surface area contributed by atoms with Crippen LogP contribution in [0.1, 0.15) is 121 Å². The fraction of sp³-hybridized carbons (Fsp3) is 0.731. The number of nitrogens with two attached hydrogens (primary N) is 1. The molecular weight excluding hydrogens is 989 g/mol. The zero-order valence-corrected chi connectivity index (χ0v) is 47.9. The molecule has 23 heteroatoms. The van der Waals surface area contributed by atoms with E-state index in [-0.39, 0.29) is 90.1 Å². The van der Waals surface area contributed by atoms with Crippen LogP contribution in [0.5, 0.6) is 0 Å². The number of methoxy groups -OCH3 is 2. The van der Waals surface area contributed by atoms with Crippen LogP contribution < -0.4 is 37.0 Å². The van der Waals surface area contributed by atoms with Crippen molar-refractivity contribution in [1.82, 2.24) is 40.7 Å². The van der Waals surface area contributed by atoms with Gasteiger partial charge in [-0.05, 0) is 94.1 Å². The molecule has 1 aromatic carbocycles. The lowest BCUT2D eigenvalue weighted by atomic mass is 9.89. The molecule has 0 aliphatic carbocycles. The Morgan fingerprint density at radius 2 is 1.40 bits per heavy atom. The van der Waals surface area contributed by atoms with Crippen LogP contribution in [0.3, 0.4) is 0 Å². The zero-order chi connectivity index (χ0) is 57.1. The number of carbonyl (C=O) groups is 8. The lowest BCUT2D eigenvalue weighted by Gasteiger charge is -2.41. The average Bonchev–Trinajstić information content (AvgIpc) is 3.82. The fourth-order valence-corrected chi connectivity index (χ4v) is 10.8. The normalized spacial score (nSPS) is 17.5. The van der Waals surface area contributed by atoms with Crippen LogP contribution in [-0.4, -0.2) is 167 Å². The molecule has 75 heavy (non-hydrogen) atoms. The molecule has 426 valence electrons. The van der Waals surface area contributed by atoms with E-state index in [1.807, 2.05) is 67.5 Å². The van der Waals surface area contributed by atoms with Crippen LogP contribution in [0.2, 0.25) is 0 Å². The number of benzene rings is 1. The largest absolute Gasteiger partial charge is 0.379 e. The van der Waals surface area contributed by atoms with Crippen LogP contribution in [-0.2, 0) is 53.1 Å². The first-order chi connectivity index (χ1) is 35.1. The van der Waals surface area contributed by atoms with Crippen molar-refractivity contribution < 1.29 is 56.2 Å². The first kappa shape index (κ1) is 65.7.